The zero-order valence-electron chi connectivity index (χ0n) is 10.1. The summed E-state index contributed by atoms with van der Waals surface area (Å²) in [5.74, 6) is 0.764. The number of hydrogen-bond donors (Lipinski definition) is 2. The molecule has 2 nitrogen and oxygen atoms in total. The summed E-state index contributed by atoms with van der Waals surface area (Å²) in [4.78, 5) is 0. The van der Waals surface area contributed by atoms with Crippen molar-refractivity contribution in [1.29, 1.82) is 0 Å². The van der Waals surface area contributed by atoms with Crippen molar-refractivity contribution in [3.05, 3.63) is 35.4 Å². The monoisotopic (exact) mass is 219 g/mol. The molecule has 0 aliphatic heterocycles. The lowest BCUT2D eigenvalue weighted by Crippen LogP contribution is -2.30. The van der Waals surface area contributed by atoms with E-state index in [9.17, 15) is 5.11 Å². The second-order valence-corrected chi connectivity index (χ2v) is 4.93. The fraction of sp³-hybridized carbons (Fsp3) is 0.571. The summed E-state index contributed by atoms with van der Waals surface area (Å²) in [7, 11) is 0. The van der Waals surface area contributed by atoms with E-state index in [1.807, 2.05) is 6.92 Å². The number of hydrogen-bond acceptors (Lipinski definition) is 2. The maximum Gasteiger partial charge on any atom is 0.0636 e. The molecular formula is C14H21NO. The summed E-state index contributed by atoms with van der Waals surface area (Å²) >= 11 is 0. The molecule has 2 heteroatoms. The highest BCUT2D eigenvalue weighted by molar-refractivity contribution is 5.30. The summed E-state index contributed by atoms with van der Waals surface area (Å²) < 4.78 is 0. The molecule has 2 unspecified atom stereocenters. The molecule has 2 N–H and O–H groups in total. The highest BCUT2D eigenvalue weighted by atomic mass is 16.3. The highest BCUT2D eigenvalue weighted by Crippen LogP contribution is 2.41. The van der Waals surface area contributed by atoms with E-state index in [-0.39, 0.29) is 6.10 Å². The van der Waals surface area contributed by atoms with Crippen LogP contribution in [0.5, 0.6) is 0 Å². The fourth-order valence-corrected chi connectivity index (χ4v) is 2.19. The SMILES string of the molecule is Cc1ccccc1C(NCC(C)O)C1CC1. The van der Waals surface area contributed by atoms with E-state index in [4.69, 9.17) is 0 Å². The third-order valence-electron chi connectivity index (χ3n) is 3.25. The van der Waals surface area contributed by atoms with Crippen LogP contribution in [0, 0.1) is 12.8 Å². The Hall–Kier alpha value is -0.860. The fourth-order valence-electron chi connectivity index (χ4n) is 2.19. The molecule has 1 aliphatic carbocycles. The number of nitrogens with one attached hydrogen (secondary N) is 1. The van der Waals surface area contributed by atoms with Gasteiger partial charge in [0.1, 0.15) is 0 Å². The Morgan fingerprint density at radius 2 is 2.06 bits per heavy atom. The van der Waals surface area contributed by atoms with Gasteiger partial charge in [-0.2, -0.15) is 0 Å². The molecule has 0 amide bonds. The van der Waals surface area contributed by atoms with Crippen LogP contribution in [0.25, 0.3) is 0 Å². The average molecular weight is 219 g/mol. The van der Waals surface area contributed by atoms with E-state index >= 15 is 0 Å². The third-order valence-corrected chi connectivity index (χ3v) is 3.25. The van der Waals surface area contributed by atoms with Gasteiger partial charge in [-0.3, -0.25) is 0 Å². The Labute approximate surface area is 97.7 Å². The van der Waals surface area contributed by atoms with Gasteiger partial charge in [-0.15, -0.1) is 0 Å². The van der Waals surface area contributed by atoms with Gasteiger partial charge in [-0.25, -0.2) is 0 Å². The van der Waals surface area contributed by atoms with Crippen molar-refractivity contribution < 1.29 is 5.11 Å². The van der Waals surface area contributed by atoms with Gasteiger partial charge in [0.2, 0.25) is 0 Å². The molecule has 2 atom stereocenters. The van der Waals surface area contributed by atoms with Crippen LogP contribution < -0.4 is 5.32 Å². The first kappa shape index (κ1) is 11.6. The molecular weight excluding hydrogens is 198 g/mol. The van der Waals surface area contributed by atoms with Crippen molar-refractivity contribution in [2.24, 2.45) is 5.92 Å². The first-order valence-electron chi connectivity index (χ1n) is 6.15. The standard InChI is InChI=1S/C14H21NO/c1-10-5-3-4-6-13(10)14(12-7-8-12)15-9-11(2)16/h3-6,11-12,14-16H,7-9H2,1-2H3. The average Bonchev–Trinajstić information content (AvgIpc) is 3.04. The van der Waals surface area contributed by atoms with Crippen molar-refractivity contribution in [1.82, 2.24) is 5.32 Å². The second-order valence-electron chi connectivity index (χ2n) is 4.93. The van der Waals surface area contributed by atoms with E-state index in [0.717, 1.165) is 5.92 Å². The van der Waals surface area contributed by atoms with Gasteiger partial charge in [-0.1, -0.05) is 24.3 Å². The van der Waals surface area contributed by atoms with Gasteiger partial charge >= 0.3 is 0 Å². The van der Waals surface area contributed by atoms with Crippen molar-refractivity contribution in [2.75, 3.05) is 6.54 Å². The molecule has 0 radical (unpaired) electrons. The van der Waals surface area contributed by atoms with Crippen LogP contribution >= 0.6 is 0 Å². The number of aliphatic hydroxyl groups excluding tert-OH is 1. The molecule has 2 rings (SSSR count). The minimum atomic E-state index is -0.273. The lowest BCUT2D eigenvalue weighted by atomic mass is 9.97. The van der Waals surface area contributed by atoms with Gasteiger partial charge in [0, 0.05) is 12.6 Å². The number of aryl methyl sites for hydroxylation is 1. The molecule has 0 bridgehead atoms. The van der Waals surface area contributed by atoms with Gasteiger partial charge < -0.3 is 10.4 Å². The zero-order valence-corrected chi connectivity index (χ0v) is 10.1. The number of rotatable bonds is 5. The van der Waals surface area contributed by atoms with Crippen LogP contribution in [0.2, 0.25) is 0 Å². The van der Waals surface area contributed by atoms with Crippen LogP contribution in [0.15, 0.2) is 24.3 Å². The Kier molecular flexibility index (Phi) is 3.62. The topological polar surface area (TPSA) is 32.3 Å². The smallest absolute Gasteiger partial charge is 0.0636 e. The number of benzene rings is 1. The first-order chi connectivity index (χ1) is 7.68. The summed E-state index contributed by atoms with van der Waals surface area (Å²) in [6.45, 7) is 4.67. The second kappa shape index (κ2) is 4.98. The van der Waals surface area contributed by atoms with Crippen LogP contribution in [0.3, 0.4) is 0 Å². The zero-order chi connectivity index (χ0) is 11.5. The lowest BCUT2D eigenvalue weighted by molar-refractivity contribution is 0.184. The lowest BCUT2D eigenvalue weighted by Gasteiger charge is -2.21. The summed E-state index contributed by atoms with van der Waals surface area (Å²) in [6, 6.07) is 8.97. The molecule has 1 fully saturated rings. The molecule has 1 aromatic rings. The van der Waals surface area contributed by atoms with Crippen LogP contribution in [0.1, 0.15) is 36.9 Å². The van der Waals surface area contributed by atoms with Crippen molar-refractivity contribution in [3.63, 3.8) is 0 Å². The molecule has 88 valence electrons. The molecule has 0 saturated heterocycles. The Bertz CT molecular complexity index is 344. The van der Waals surface area contributed by atoms with E-state index in [2.05, 4.69) is 36.5 Å². The Morgan fingerprint density at radius 3 is 2.62 bits per heavy atom. The molecule has 0 aromatic heterocycles. The van der Waals surface area contributed by atoms with Gasteiger partial charge in [0.25, 0.3) is 0 Å². The third kappa shape index (κ3) is 2.83. The van der Waals surface area contributed by atoms with E-state index in [1.165, 1.54) is 24.0 Å². The minimum absolute atomic E-state index is 0.273. The first-order valence-corrected chi connectivity index (χ1v) is 6.15. The maximum absolute atomic E-state index is 9.36. The Balaban J connectivity index is 2.10. The quantitative estimate of drug-likeness (QED) is 0.797. The normalized spacial score (nSPS) is 19.4. The van der Waals surface area contributed by atoms with Gasteiger partial charge in [0.15, 0.2) is 0 Å². The van der Waals surface area contributed by atoms with Crippen LogP contribution in [0.4, 0.5) is 0 Å². The largest absolute Gasteiger partial charge is 0.392 e. The predicted molar refractivity (Wildman–Crippen MR) is 66.3 cm³/mol. The predicted octanol–water partition coefficient (Wildman–Crippen LogP) is 2.42. The maximum atomic E-state index is 9.36. The molecule has 0 spiro atoms. The summed E-state index contributed by atoms with van der Waals surface area (Å²) in [5, 5.41) is 12.8. The molecule has 1 aliphatic rings. The van der Waals surface area contributed by atoms with Crippen LogP contribution in [-0.4, -0.2) is 17.8 Å². The van der Waals surface area contributed by atoms with Crippen molar-refractivity contribution in [3.8, 4) is 0 Å². The van der Waals surface area contributed by atoms with Gasteiger partial charge in [0.05, 0.1) is 6.10 Å². The van der Waals surface area contributed by atoms with E-state index in [0.29, 0.717) is 12.6 Å². The molecule has 0 heterocycles. The van der Waals surface area contributed by atoms with Crippen molar-refractivity contribution in [2.45, 2.75) is 38.8 Å². The van der Waals surface area contributed by atoms with Crippen LogP contribution in [-0.2, 0) is 0 Å². The summed E-state index contributed by atoms with van der Waals surface area (Å²) in [6.07, 6.45) is 2.35. The van der Waals surface area contributed by atoms with Crippen molar-refractivity contribution >= 4 is 0 Å². The van der Waals surface area contributed by atoms with E-state index < -0.39 is 0 Å². The molecule has 1 aromatic carbocycles. The number of aliphatic hydroxyl groups is 1. The Morgan fingerprint density at radius 1 is 1.38 bits per heavy atom. The highest BCUT2D eigenvalue weighted by Gasteiger charge is 2.32. The van der Waals surface area contributed by atoms with Gasteiger partial charge in [-0.05, 0) is 43.7 Å². The van der Waals surface area contributed by atoms with E-state index in [1.54, 1.807) is 0 Å². The molecule has 1 saturated carbocycles. The molecule has 16 heavy (non-hydrogen) atoms. The minimum Gasteiger partial charge on any atom is -0.392 e. The summed E-state index contributed by atoms with van der Waals surface area (Å²) in [5.41, 5.74) is 2.74.